The third-order valence-corrected chi connectivity index (χ3v) is 4.53. The van der Waals surface area contributed by atoms with Crippen LogP contribution in [0.25, 0.3) is 0 Å². The molecule has 1 rings (SSSR count). The third-order valence-electron chi connectivity index (χ3n) is 2.60. The van der Waals surface area contributed by atoms with E-state index in [-0.39, 0.29) is 11.3 Å². The largest absolute Gasteiger partial charge is 0.351 e. The number of carbonyl (C=O) groups excluding carboxylic acids is 1. The zero-order chi connectivity index (χ0) is 13.1. The smallest absolute Gasteiger partial charge is 0.251 e. The fourth-order valence-corrected chi connectivity index (χ4v) is 1.69. The highest BCUT2D eigenvalue weighted by molar-refractivity contribution is 9.09. The van der Waals surface area contributed by atoms with E-state index in [9.17, 15) is 4.79 Å². The lowest BCUT2D eigenvalue weighted by Crippen LogP contribution is -2.35. The first kappa shape index (κ1) is 14.5. The molecule has 0 heterocycles. The van der Waals surface area contributed by atoms with Crippen molar-refractivity contribution in [2.24, 2.45) is 5.41 Å². The van der Waals surface area contributed by atoms with Gasteiger partial charge < -0.3 is 5.32 Å². The van der Waals surface area contributed by atoms with Crippen LogP contribution in [0.5, 0.6) is 0 Å². The molecule has 0 bridgehead atoms. The SMILES string of the molecule is Cc1c(Cl)cccc1C(=O)NCC(C)(C)CBr. The molecule has 0 saturated heterocycles. The molecule has 0 aromatic heterocycles. The summed E-state index contributed by atoms with van der Waals surface area (Å²) in [5.74, 6) is -0.0703. The van der Waals surface area contributed by atoms with Crippen molar-refractivity contribution in [1.29, 1.82) is 0 Å². The lowest BCUT2D eigenvalue weighted by molar-refractivity contribution is 0.0939. The van der Waals surface area contributed by atoms with Crippen LogP contribution in [0.3, 0.4) is 0 Å². The van der Waals surface area contributed by atoms with Gasteiger partial charge >= 0.3 is 0 Å². The minimum atomic E-state index is -0.0703. The predicted octanol–water partition coefficient (Wildman–Crippen LogP) is 3.80. The van der Waals surface area contributed by atoms with Gasteiger partial charge in [0.25, 0.3) is 5.91 Å². The highest BCUT2D eigenvalue weighted by Crippen LogP contribution is 2.20. The van der Waals surface area contributed by atoms with Crippen LogP contribution in [-0.4, -0.2) is 17.8 Å². The summed E-state index contributed by atoms with van der Waals surface area (Å²) in [6.07, 6.45) is 0. The first-order chi connectivity index (χ1) is 7.87. The van der Waals surface area contributed by atoms with Gasteiger partial charge in [-0.2, -0.15) is 0 Å². The Kier molecular flexibility index (Phi) is 5.02. The number of rotatable bonds is 4. The molecule has 0 unspecified atom stereocenters. The van der Waals surface area contributed by atoms with E-state index in [0.717, 1.165) is 10.9 Å². The Bertz CT molecular complexity index is 418. The topological polar surface area (TPSA) is 29.1 Å². The normalized spacial score (nSPS) is 11.4. The Morgan fingerprint density at radius 2 is 2.12 bits per heavy atom. The van der Waals surface area contributed by atoms with E-state index in [1.807, 2.05) is 6.92 Å². The Hall–Kier alpha value is -0.540. The Balaban J connectivity index is 2.74. The molecule has 1 N–H and O–H groups in total. The van der Waals surface area contributed by atoms with E-state index >= 15 is 0 Å². The standard InChI is InChI=1S/C13H17BrClNO/c1-9-10(5-4-6-11(9)15)12(17)16-8-13(2,3)7-14/h4-6H,7-8H2,1-3H3,(H,16,17). The lowest BCUT2D eigenvalue weighted by atomic mass is 9.96. The van der Waals surface area contributed by atoms with Gasteiger partial charge in [-0.25, -0.2) is 0 Å². The van der Waals surface area contributed by atoms with Crippen LogP contribution in [-0.2, 0) is 0 Å². The summed E-state index contributed by atoms with van der Waals surface area (Å²) in [4.78, 5) is 12.0. The van der Waals surface area contributed by atoms with Crippen LogP contribution in [0.15, 0.2) is 18.2 Å². The molecule has 94 valence electrons. The summed E-state index contributed by atoms with van der Waals surface area (Å²) in [7, 11) is 0. The maximum Gasteiger partial charge on any atom is 0.251 e. The molecule has 0 spiro atoms. The molecule has 1 amide bonds. The van der Waals surface area contributed by atoms with Crippen molar-refractivity contribution >= 4 is 33.4 Å². The number of hydrogen-bond acceptors (Lipinski definition) is 1. The molecule has 0 aliphatic carbocycles. The van der Waals surface area contributed by atoms with Gasteiger partial charge in [0, 0.05) is 22.5 Å². The molecule has 1 aromatic carbocycles. The van der Waals surface area contributed by atoms with Gasteiger partial charge in [0.1, 0.15) is 0 Å². The van der Waals surface area contributed by atoms with Gasteiger partial charge in [0.2, 0.25) is 0 Å². The summed E-state index contributed by atoms with van der Waals surface area (Å²) in [5.41, 5.74) is 1.51. The Morgan fingerprint density at radius 1 is 1.47 bits per heavy atom. The highest BCUT2D eigenvalue weighted by atomic mass is 79.9. The lowest BCUT2D eigenvalue weighted by Gasteiger charge is -2.22. The summed E-state index contributed by atoms with van der Waals surface area (Å²) < 4.78 is 0. The number of amides is 1. The van der Waals surface area contributed by atoms with Crippen molar-refractivity contribution in [1.82, 2.24) is 5.32 Å². The van der Waals surface area contributed by atoms with E-state index in [0.29, 0.717) is 17.1 Å². The zero-order valence-corrected chi connectivity index (χ0v) is 12.7. The van der Waals surface area contributed by atoms with Crippen molar-refractivity contribution in [2.75, 3.05) is 11.9 Å². The number of nitrogens with one attached hydrogen (secondary N) is 1. The number of hydrogen-bond donors (Lipinski definition) is 1. The van der Waals surface area contributed by atoms with E-state index < -0.39 is 0 Å². The van der Waals surface area contributed by atoms with Crippen molar-refractivity contribution in [3.8, 4) is 0 Å². The van der Waals surface area contributed by atoms with Gasteiger partial charge in [-0.3, -0.25) is 4.79 Å². The van der Waals surface area contributed by atoms with Gasteiger partial charge in [0.05, 0.1) is 0 Å². The van der Waals surface area contributed by atoms with Gasteiger partial charge in [0.15, 0.2) is 0 Å². The average molecular weight is 319 g/mol. The first-order valence-corrected chi connectivity index (χ1v) is 6.96. The molecule has 2 nitrogen and oxygen atoms in total. The van der Waals surface area contributed by atoms with E-state index in [1.54, 1.807) is 18.2 Å². The van der Waals surface area contributed by atoms with Crippen LogP contribution >= 0.6 is 27.5 Å². The molecule has 0 fully saturated rings. The number of alkyl halides is 1. The fraction of sp³-hybridized carbons (Fsp3) is 0.462. The van der Waals surface area contributed by atoms with Crippen molar-refractivity contribution < 1.29 is 4.79 Å². The first-order valence-electron chi connectivity index (χ1n) is 5.47. The van der Waals surface area contributed by atoms with Crippen LogP contribution < -0.4 is 5.32 Å². The molecule has 0 saturated carbocycles. The van der Waals surface area contributed by atoms with Gasteiger partial charge in [-0.1, -0.05) is 47.4 Å². The number of carbonyl (C=O) groups is 1. The number of halogens is 2. The molecule has 0 aliphatic rings. The summed E-state index contributed by atoms with van der Waals surface area (Å²) >= 11 is 9.42. The van der Waals surface area contributed by atoms with E-state index in [2.05, 4.69) is 35.1 Å². The minimum absolute atomic E-state index is 0.0438. The summed E-state index contributed by atoms with van der Waals surface area (Å²) in [6.45, 7) is 6.66. The molecule has 17 heavy (non-hydrogen) atoms. The van der Waals surface area contributed by atoms with E-state index in [1.165, 1.54) is 0 Å². The zero-order valence-electron chi connectivity index (χ0n) is 10.3. The summed E-state index contributed by atoms with van der Waals surface area (Å²) in [6, 6.07) is 5.37. The quantitative estimate of drug-likeness (QED) is 0.841. The van der Waals surface area contributed by atoms with Gasteiger partial charge in [-0.05, 0) is 30.0 Å². The minimum Gasteiger partial charge on any atom is -0.351 e. The molecule has 0 radical (unpaired) electrons. The van der Waals surface area contributed by atoms with Crippen molar-refractivity contribution in [3.05, 3.63) is 34.3 Å². The molecular weight excluding hydrogens is 302 g/mol. The van der Waals surface area contributed by atoms with Crippen molar-refractivity contribution in [2.45, 2.75) is 20.8 Å². The van der Waals surface area contributed by atoms with Crippen molar-refractivity contribution in [3.63, 3.8) is 0 Å². The monoisotopic (exact) mass is 317 g/mol. The fourth-order valence-electron chi connectivity index (χ4n) is 1.32. The molecule has 0 aliphatic heterocycles. The molecule has 1 aromatic rings. The second-order valence-electron chi connectivity index (χ2n) is 4.89. The van der Waals surface area contributed by atoms with Gasteiger partial charge in [-0.15, -0.1) is 0 Å². The highest BCUT2D eigenvalue weighted by Gasteiger charge is 2.18. The second kappa shape index (κ2) is 5.87. The Labute approximate surface area is 116 Å². The Morgan fingerprint density at radius 3 is 2.71 bits per heavy atom. The summed E-state index contributed by atoms with van der Waals surface area (Å²) in [5, 5.41) is 4.40. The maximum atomic E-state index is 12.0. The third kappa shape index (κ3) is 4.00. The molecule has 4 heteroatoms. The molecule has 0 atom stereocenters. The van der Waals surface area contributed by atoms with Crippen LogP contribution in [0.4, 0.5) is 0 Å². The second-order valence-corrected chi connectivity index (χ2v) is 5.86. The maximum absolute atomic E-state index is 12.0. The van der Waals surface area contributed by atoms with Crippen LogP contribution in [0, 0.1) is 12.3 Å². The van der Waals surface area contributed by atoms with Crippen LogP contribution in [0.2, 0.25) is 5.02 Å². The molecular formula is C13H17BrClNO. The predicted molar refractivity (Wildman–Crippen MR) is 76.1 cm³/mol. The van der Waals surface area contributed by atoms with Crippen LogP contribution in [0.1, 0.15) is 29.8 Å². The number of benzene rings is 1. The average Bonchev–Trinajstić information content (AvgIpc) is 2.30. The van der Waals surface area contributed by atoms with E-state index in [4.69, 9.17) is 11.6 Å².